The summed E-state index contributed by atoms with van der Waals surface area (Å²) in [4.78, 5) is 2.43. The van der Waals surface area contributed by atoms with Crippen LogP contribution in [-0.4, -0.2) is 45.0 Å². The summed E-state index contributed by atoms with van der Waals surface area (Å²) in [5.74, 6) is 0. The number of methoxy groups -OCH3 is 2. The van der Waals surface area contributed by atoms with Crippen molar-refractivity contribution in [1.82, 2.24) is 4.90 Å². The van der Waals surface area contributed by atoms with Gasteiger partial charge in [0.15, 0.2) is 6.29 Å². The first kappa shape index (κ1) is 17.9. The molecule has 0 aliphatic carbocycles. The van der Waals surface area contributed by atoms with Crippen molar-refractivity contribution in [2.45, 2.75) is 19.1 Å². The van der Waals surface area contributed by atoms with Crippen LogP contribution in [0, 0.1) is 0 Å². The minimum absolute atomic E-state index is 0.145. The van der Waals surface area contributed by atoms with E-state index in [9.17, 15) is 0 Å². The van der Waals surface area contributed by atoms with Gasteiger partial charge in [-0.15, -0.1) is 0 Å². The molecule has 0 amide bonds. The zero-order valence-electron chi connectivity index (χ0n) is 15.2. The van der Waals surface area contributed by atoms with E-state index in [1.807, 2.05) is 0 Å². The van der Waals surface area contributed by atoms with E-state index < -0.39 is 0 Å². The van der Waals surface area contributed by atoms with E-state index in [2.05, 4.69) is 65.6 Å². The van der Waals surface area contributed by atoms with Gasteiger partial charge in [-0.05, 0) is 29.5 Å². The van der Waals surface area contributed by atoms with Crippen LogP contribution in [0.15, 0.2) is 66.2 Å². The molecule has 0 saturated carbocycles. The van der Waals surface area contributed by atoms with Gasteiger partial charge in [-0.25, -0.2) is 0 Å². The van der Waals surface area contributed by atoms with Crippen LogP contribution in [0.4, 0.5) is 0 Å². The van der Waals surface area contributed by atoms with Crippen molar-refractivity contribution in [2.75, 3.05) is 33.9 Å². The van der Waals surface area contributed by atoms with Crippen molar-refractivity contribution in [3.8, 4) is 0 Å². The van der Waals surface area contributed by atoms with E-state index in [1.165, 1.54) is 16.7 Å². The number of hydrogen-bond donors (Lipinski definition) is 0. The van der Waals surface area contributed by atoms with Crippen molar-refractivity contribution in [3.63, 3.8) is 0 Å². The molecule has 1 heterocycles. The molecule has 1 aliphatic rings. The van der Waals surface area contributed by atoms with Gasteiger partial charge in [0.2, 0.25) is 0 Å². The molecule has 0 spiro atoms. The molecule has 0 bridgehead atoms. The molecule has 3 rings (SSSR count). The van der Waals surface area contributed by atoms with Crippen LogP contribution >= 0.6 is 0 Å². The molecule has 2 aromatic carbocycles. The summed E-state index contributed by atoms with van der Waals surface area (Å²) in [6.07, 6.45) is 2.02. The molecule has 0 unspecified atom stereocenters. The monoisotopic (exact) mass is 337 g/mol. The van der Waals surface area contributed by atoms with E-state index in [4.69, 9.17) is 9.47 Å². The number of benzene rings is 2. The summed E-state index contributed by atoms with van der Waals surface area (Å²) in [5.41, 5.74) is 5.56. The van der Waals surface area contributed by atoms with Crippen LogP contribution in [0.5, 0.6) is 0 Å². The minimum Gasteiger partial charge on any atom is -0.355 e. The molecule has 0 aromatic heterocycles. The molecule has 3 heteroatoms. The van der Waals surface area contributed by atoms with Crippen LogP contribution in [0.2, 0.25) is 0 Å². The van der Waals surface area contributed by atoms with E-state index in [-0.39, 0.29) is 6.29 Å². The highest BCUT2D eigenvalue weighted by atomic mass is 16.7. The van der Waals surface area contributed by atoms with Crippen LogP contribution in [-0.2, 0) is 9.47 Å². The lowest BCUT2D eigenvalue weighted by Gasteiger charge is -2.32. The molecule has 0 N–H and O–H groups in total. The first-order valence-corrected chi connectivity index (χ1v) is 8.92. The SMILES string of the molecule is COC(CN1CCC(=C(c2ccccc2)c2ccccc2)CC1)OC. The molecule has 132 valence electrons. The second-order valence-corrected chi connectivity index (χ2v) is 6.41. The van der Waals surface area contributed by atoms with Crippen molar-refractivity contribution in [3.05, 3.63) is 77.4 Å². The summed E-state index contributed by atoms with van der Waals surface area (Å²) in [7, 11) is 3.40. The lowest BCUT2D eigenvalue weighted by Crippen LogP contribution is -2.38. The third-order valence-corrected chi connectivity index (χ3v) is 4.87. The maximum absolute atomic E-state index is 5.34. The van der Waals surface area contributed by atoms with Crippen molar-refractivity contribution in [2.24, 2.45) is 0 Å². The zero-order valence-corrected chi connectivity index (χ0v) is 15.2. The molecule has 2 aromatic rings. The molecule has 1 saturated heterocycles. The number of likely N-dealkylation sites (tertiary alicyclic amines) is 1. The number of rotatable bonds is 6. The fraction of sp³-hybridized carbons (Fsp3) is 0.364. The average molecular weight is 337 g/mol. The third kappa shape index (κ3) is 4.57. The van der Waals surface area contributed by atoms with Gasteiger partial charge in [0.1, 0.15) is 0 Å². The van der Waals surface area contributed by atoms with Crippen LogP contribution in [0.25, 0.3) is 5.57 Å². The first-order chi connectivity index (χ1) is 12.3. The van der Waals surface area contributed by atoms with Crippen LogP contribution in [0.3, 0.4) is 0 Å². The fourth-order valence-electron chi connectivity index (χ4n) is 3.50. The fourth-order valence-corrected chi connectivity index (χ4v) is 3.50. The Kier molecular flexibility index (Phi) is 6.40. The quantitative estimate of drug-likeness (QED) is 0.737. The molecule has 1 fully saturated rings. The van der Waals surface area contributed by atoms with Crippen LogP contribution < -0.4 is 0 Å². The molecule has 0 atom stereocenters. The minimum atomic E-state index is -0.145. The number of ether oxygens (including phenoxy) is 2. The number of hydrogen-bond acceptors (Lipinski definition) is 3. The Labute approximate surface area is 150 Å². The Morgan fingerprint density at radius 2 is 1.32 bits per heavy atom. The Balaban J connectivity index is 1.82. The Morgan fingerprint density at radius 1 is 0.840 bits per heavy atom. The van der Waals surface area contributed by atoms with Gasteiger partial charge < -0.3 is 9.47 Å². The lowest BCUT2D eigenvalue weighted by molar-refractivity contribution is -0.116. The van der Waals surface area contributed by atoms with Gasteiger partial charge in [-0.3, -0.25) is 4.90 Å². The summed E-state index contributed by atoms with van der Waals surface area (Å²) in [6, 6.07) is 21.5. The summed E-state index contributed by atoms with van der Waals surface area (Å²) in [5, 5.41) is 0. The van der Waals surface area contributed by atoms with Gasteiger partial charge in [0.05, 0.1) is 0 Å². The van der Waals surface area contributed by atoms with E-state index in [0.717, 1.165) is 32.5 Å². The van der Waals surface area contributed by atoms with Crippen molar-refractivity contribution >= 4 is 5.57 Å². The van der Waals surface area contributed by atoms with Crippen molar-refractivity contribution in [1.29, 1.82) is 0 Å². The van der Waals surface area contributed by atoms with Gasteiger partial charge in [-0.2, -0.15) is 0 Å². The maximum Gasteiger partial charge on any atom is 0.169 e. The smallest absolute Gasteiger partial charge is 0.169 e. The van der Waals surface area contributed by atoms with Gasteiger partial charge in [-0.1, -0.05) is 66.2 Å². The van der Waals surface area contributed by atoms with Gasteiger partial charge >= 0.3 is 0 Å². The first-order valence-electron chi connectivity index (χ1n) is 8.92. The molecule has 1 aliphatic heterocycles. The normalized spacial score (nSPS) is 15.6. The largest absolute Gasteiger partial charge is 0.355 e. The molecule has 25 heavy (non-hydrogen) atoms. The Hall–Kier alpha value is -1.94. The number of piperidine rings is 1. The average Bonchev–Trinajstić information content (AvgIpc) is 2.69. The standard InChI is InChI=1S/C22H27NO2/c1-24-21(25-2)17-23-15-13-20(14-16-23)22(18-9-5-3-6-10-18)19-11-7-4-8-12-19/h3-12,21H,13-17H2,1-2H3. The summed E-state index contributed by atoms with van der Waals surface area (Å²) < 4.78 is 10.7. The Bertz CT molecular complexity index is 626. The molecular formula is C22H27NO2. The number of nitrogens with zero attached hydrogens (tertiary/aromatic N) is 1. The topological polar surface area (TPSA) is 21.7 Å². The summed E-state index contributed by atoms with van der Waals surface area (Å²) in [6.45, 7) is 2.91. The van der Waals surface area contributed by atoms with Gasteiger partial charge in [0.25, 0.3) is 0 Å². The molecule has 3 nitrogen and oxygen atoms in total. The predicted molar refractivity (Wildman–Crippen MR) is 102 cm³/mol. The van der Waals surface area contributed by atoms with Crippen molar-refractivity contribution < 1.29 is 9.47 Å². The Morgan fingerprint density at radius 3 is 1.76 bits per heavy atom. The predicted octanol–water partition coefficient (Wildman–Crippen LogP) is 4.20. The lowest BCUT2D eigenvalue weighted by atomic mass is 9.88. The zero-order chi connectivity index (χ0) is 17.5. The van der Waals surface area contributed by atoms with E-state index >= 15 is 0 Å². The second kappa shape index (κ2) is 8.95. The molecular weight excluding hydrogens is 310 g/mol. The summed E-state index contributed by atoms with van der Waals surface area (Å²) >= 11 is 0. The second-order valence-electron chi connectivity index (χ2n) is 6.41. The highest BCUT2D eigenvalue weighted by molar-refractivity contribution is 5.82. The maximum atomic E-state index is 5.34. The van der Waals surface area contributed by atoms with Gasteiger partial charge in [0, 0.05) is 33.9 Å². The highest BCUT2D eigenvalue weighted by Gasteiger charge is 2.21. The van der Waals surface area contributed by atoms with Crippen LogP contribution in [0.1, 0.15) is 24.0 Å². The highest BCUT2D eigenvalue weighted by Crippen LogP contribution is 2.32. The van der Waals surface area contributed by atoms with E-state index in [0.29, 0.717) is 0 Å². The third-order valence-electron chi connectivity index (χ3n) is 4.87. The molecule has 0 radical (unpaired) electrons. The van der Waals surface area contributed by atoms with E-state index in [1.54, 1.807) is 19.8 Å².